The lowest BCUT2D eigenvalue weighted by Crippen LogP contribution is -2.45. The highest BCUT2D eigenvalue weighted by atomic mass is 31.2. The van der Waals surface area contributed by atoms with Crippen molar-refractivity contribution in [1.29, 1.82) is 0 Å². The molecule has 0 radical (unpaired) electrons. The van der Waals surface area contributed by atoms with E-state index in [1.165, 1.54) is 161 Å². The first-order valence-electron chi connectivity index (χ1n) is 24.7. The van der Waals surface area contributed by atoms with Crippen molar-refractivity contribution in [3.8, 4) is 0 Å². The Morgan fingerprint density at radius 3 is 1.36 bits per heavy atom. The molecule has 0 saturated heterocycles. The number of amides is 1. The summed E-state index contributed by atoms with van der Waals surface area (Å²) in [6.45, 7) is 4.80. The van der Waals surface area contributed by atoms with Crippen molar-refractivity contribution in [2.24, 2.45) is 0 Å². The van der Waals surface area contributed by atoms with Crippen molar-refractivity contribution in [1.82, 2.24) is 5.32 Å². The summed E-state index contributed by atoms with van der Waals surface area (Å²) in [5, 5.41) is 13.8. The molecule has 1 amide bonds. The minimum absolute atomic E-state index is 0.0611. The Kier molecular flexibility index (Phi) is 40.6. The third-order valence-electron chi connectivity index (χ3n) is 11.2. The first kappa shape index (κ1) is 57.0. The molecule has 0 aromatic rings. The van der Waals surface area contributed by atoms with Gasteiger partial charge in [-0.25, -0.2) is 4.57 Å². The predicted molar refractivity (Wildman–Crippen MR) is 249 cm³/mol. The van der Waals surface area contributed by atoms with Crippen LogP contribution in [0.25, 0.3) is 0 Å². The van der Waals surface area contributed by atoms with E-state index in [9.17, 15) is 19.4 Å². The molecule has 0 heterocycles. The second-order valence-electron chi connectivity index (χ2n) is 18.2. The number of hydrogen-bond donors (Lipinski definition) is 3. The van der Waals surface area contributed by atoms with E-state index in [-0.39, 0.29) is 19.1 Å². The van der Waals surface area contributed by atoms with Crippen molar-refractivity contribution in [3.05, 3.63) is 24.3 Å². The van der Waals surface area contributed by atoms with E-state index in [0.29, 0.717) is 17.4 Å². The van der Waals surface area contributed by atoms with Gasteiger partial charge in [0.1, 0.15) is 13.2 Å². The monoisotopic (exact) mass is 842 g/mol. The summed E-state index contributed by atoms with van der Waals surface area (Å²) in [4.78, 5) is 23.1. The lowest BCUT2D eigenvalue weighted by atomic mass is 10.0. The highest BCUT2D eigenvalue weighted by Crippen LogP contribution is 2.43. The molecule has 0 aromatic heterocycles. The summed E-state index contributed by atoms with van der Waals surface area (Å²) < 4.78 is 23.6. The fraction of sp³-hybridized carbons (Fsp3) is 0.898. The summed E-state index contributed by atoms with van der Waals surface area (Å²) in [6, 6.07) is -0.847. The van der Waals surface area contributed by atoms with Gasteiger partial charge in [0.05, 0.1) is 39.9 Å². The highest BCUT2D eigenvalue weighted by molar-refractivity contribution is 7.47. The second-order valence-corrected chi connectivity index (χ2v) is 19.6. The minimum atomic E-state index is -4.34. The molecule has 0 aliphatic rings. The zero-order chi connectivity index (χ0) is 42.8. The minimum Gasteiger partial charge on any atom is -0.387 e. The molecule has 3 unspecified atom stereocenters. The van der Waals surface area contributed by atoms with Gasteiger partial charge in [-0.2, -0.15) is 0 Å². The quantitative estimate of drug-likeness (QED) is 0.0244. The van der Waals surface area contributed by atoms with Crippen LogP contribution in [0, 0.1) is 0 Å². The summed E-state index contributed by atoms with van der Waals surface area (Å²) in [6.07, 6.45) is 49.8. The van der Waals surface area contributed by atoms with E-state index in [2.05, 4.69) is 31.3 Å². The molecule has 344 valence electrons. The Morgan fingerprint density at radius 1 is 0.569 bits per heavy atom. The standard InChI is InChI=1S/C49H97N2O6P/c1-6-8-10-12-14-16-18-20-21-22-23-24-25-26-27-28-29-30-31-32-34-36-38-40-42-48(52)47(46-57-58(54,55)56-45-44-51(3,4)5)50-49(53)43-41-39-37-35-33-19-17-15-13-11-9-7-2/h15,17,40,42,47-48,52H,6-14,16,18-39,41,43-46H2,1-5H3,(H-,50,53,54,55)/p+1/b17-15-,42-40+. The number of phosphoric ester groups is 1. The molecular weight excluding hydrogens is 744 g/mol. The lowest BCUT2D eigenvalue weighted by Gasteiger charge is -2.25. The van der Waals surface area contributed by atoms with E-state index in [0.717, 1.165) is 51.4 Å². The fourth-order valence-electron chi connectivity index (χ4n) is 7.21. The number of allylic oxidation sites excluding steroid dienone is 3. The summed E-state index contributed by atoms with van der Waals surface area (Å²) in [5.74, 6) is -0.186. The third-order valence-corrected chi connectivity index (χ3v) is 12.1. The van der Waals surface area contributed by atoms with Crippen molar-refractivity contribution in [2.45, 2.75) is 244 Å². The van der Waals surface area contributed by atoms with Crippen LogP contribution in [0.1, 0.15) is 232 Å². The van der Waals surface area contributed by atoms with Crippen LogP contribution in [0.3, 0.4) is 0 Å². The SMILES string of the molecule is CCCCC/C=C\CCCCCCCC(=O)NC(COP(=O)(O)OCC[N+](C)(C)C)C(O)/C=C/CCCCCCCCCCCCCCCCCCCCCCCC. The summed E-state index contributed by atoms with van der Waals surface area (Å²) in [5.41, 5.74) is 0. The Balaban J connectivity index is 4.24. The van der Waals surface area contributed by atoms with Crippen LogP contribution >= 0.6 is 7.82 Å². The molecule has 9 heteroatoms. The van der Waals surface area contributed by atoms with Gasteiger partial charge in [-0.15, -0.1) is 0 Å². The molecule has 0 aliphatic carbocycles. The lowest BCUT2D eigenvalue weighted by molar-refractivity contribution is -0.870. The Morgan fingerprint density at radius 2 is 0.931 bits per heavy atom. The highest BCUT2D eigenvalue weighted by Gasteiger charge is 2.27. The number of carbonyl (C=O) groups excluding carboxylic acids is 1. The van der Waals surface area contributed by atoms with Crippen molar-refractivity contribution >= 4 is 13.7 Å². The van der Waals surface area contributed by atoms with Crippen molar-refractivity contribution in [2.75, 3.05) is 40.9 Å². The van der Waals surface area contributed by atoms with Crippen LogP contribution in [0.5, 0.6) is 0 Å². The fourth-order valence-corrected chi connectivity index (χ4v) is 7.95. The molecule has 0 saturated carbocycles. The predicted octanol–water partition coefficient (Wildman–Crippen LogP) is 14.1. The van der Waals surface area contributed by atoms with Gasteiger partial charge in [0.15, 0.2) is 0 Å². The van der Waals surface area contributed by atoms with Crippen LogP contribution < -0.4 is 5.32 Å². The number of quaternary nitrogens is 1. The van der Waals surface area contributed by atoms with Crippen molar-refractivity contribution in [3.63, 3.8) is 0 Å². The third kappa shape index (κ3) is 43.1. The van der Waals surface area contributed by atoms with Gasteiger partial charge in [0.25, 0.3) is 0 Å². The van der Waals surface area contributed by atoms with Crippen LogP contribution in [-0.4, -0.2) is 73.4 Å². The maximum absolute atomic E-state index is 12.9. The first-order chi connectivity index (χ1) is 28.0. The number of phosphoric acid groups is 1. The Labute approximate surface area is 360 Å². The molecule has 0 aromatic carbocycles. The van der Waals surface area contributed by atoms with Gasteiger partial charge < -0.3 is 19.8 Å². The molecular formula is C49H98N2O6P+. The number of likely N-dealkylation sites (N-methyl/N-ethyl adjacent to an activating group) is 1. The van der Waals surface area contributed by atoms with Gasteiger partial charge in [-0.3, -0.25) is 13.8 Å². The number of rotatable bonds is 45. The maximum atomic E-state index is 12.9. The zero-order valence-corrected chi connectivity index (χ0v) is 39.9. The second kappa shape index (κ2) is 41.3. The Bertz CT molecular complexity index is 1000. The average Bonchev–Trinajstić information content (AvgIpc) is 3.17. The van der Waals surface area contributed by atoms with Crippen LogP contribution in [0.2, 0.25) is 0 Å². The summed E-state index contributed by atoms with van der Waals surface area (Å²) >= 11 is 0. The number of hydrogen-bond acceptors (Lipinski definition) is 5. The molecule has 0 bridgehead atoms. The normalized spacial score (nSPS) is 14.4. The van der Waals surface area contributed by atoms with Crippen LogP contribution in [-0.2, 0) is 18.4 Å². The first-order valence-corrected chi connectivity index (χ1v) is 26.2. The molecule has 0 fully saturated rings. The van der Waals surface area contributed by atoms with E-state index in [1.54, 1.807) is 6.08 Å². The molecule has 3 atom stereocenters. The summed E-state index contributed by atoms with van der Waals surface area (Å²) in [7, 11) is 1.57. The number of carbonyl (C=O) groups is 1. The molecule has 8 nitrogen and oxygen atoms in total. The van der Waals surface area contributed by atoms with Gasteiger partial charge >= 0.3 is 7.82 Å². The number of aliphatic hydroxyl groups is 1. The number of nitrogens with one attached hydrogen (secondary N) is 1. The van der Waals surface area contributed by atoms with Crippen molar-refractivity contribution < 1.29 is 32.9 Å². The van der Waals surface area contributed by atoms with Gasteiger partial charge in [0, 0.05) is 6.42 Å². The van der Waals surface area contributed by atoms with Gasteiger partial charge in [-0.1, -0.05) is 205 Å². The number of nitrogens with zero attached hydrogens (tertiary/aromatic N) is 1. The average molecular weight is 842 g/mol. The van der Waals surface area contributed by atoms with Gasteiger partial charge in [-0.05, 0) is 44.9 Å². The molecule has 0 rings (SSSR count). The number of aliphatic hydroxyl groups excluding tert-OH is 1. The smallest absolute Gasteiger partial charge is 0.387 e. The topological polar surface area (TPSA) is 105 Å². The van der Waals surface area contributed by atoms with E-state index in [1.807, 2.05) is 27.2 Å². The maximum Gasteiger partial charge on any atom is 0.472 e. The van der Waals surface area contributed by atoms with E-state index >= 15 is 0 Å². The van der Waals surface area contributed by atoms with Gasteiger partial charge in [0.2, 0.25) is 5.91 Å². The molecule has 3 N–H and O–H groups in total. The number of unbranched alkanes of at least 4 members (excludes halogenated alkanes) is 30. The van der Waals surface area contributed by atoms with Crippen LogP contribution in [0.4, 0.5) is 0 Å². The molecule has 0 aliphatic heterocycles. The Hall–Kier alpha value is -1.02. The molecule has 0 spiro atoms. The zero-order valence-electron chi connectivity index (χ0n) is 39.0. The largest absolute Gasteiger partial charge is 0.472 e. The van der Waals surface area contributed by atoms with E-state index in [4.69, 9.17) is 9.05 Å². The van der Waals surface area contributed by atoms with E-state index < -0.39 is 20.0 Å². The molecule has 58 heavy (non-hydrogen) atoms. The van der Waals surface area contributed by atoms with Crippen LogP contribution in [0.15, 0.2) is 24.3 Å².